The molecule has 9 heteroatoms. The van der Waals surface area contributed by atoms with Crippen molar-refractivity contribution in [3.63, 3.8) is 0 Å². The first kappa shape index (κ1) is 14.5. The number of amides is 1. The van der Waals surface area contributed by atoms with Crippen LogP contribution in [0.25, 0.3) is 11.0 Å². The zero-order valence-corrected chi connectivity index (χ0v) is 13.5. The molecule has 22 heavy (non-hydrogen) atoms. The summed E-state index contributed by atoms with van der Waals surface area (Å²) in [6.07, 6.45) is 3.13. The molecule has 0 aliphatic heterocycles. The molecule has 114 valence electrons. The quantitative estimate of drug-likeness (QED) is 0.660. The van der Waals surface area contributed by atoms with E-state index in [9.17, 15) is 4.79 Å². The van der Waals surface area contributed by atoms with Gasteiger partial charge in [-0.05, 0) is 29.8 Å². The Labute approximate surface area is 134 Å². The summed E-state index contributed by atoms with van der Waals surface area (Å²) in [5.41, 5.74) is 6.98. The Bertz CT molecular complexity index is 851. The number of halogens is 1. The lowest BCUT2D eigenvalue weighted by Crippen LogP contribution is -2.12. The van der Waals surface area contributed by atoms with Crippen LogP contribution in [0, 0.1) is 0 Å². The summed E-state index contributed by atoms with van der Waals surface area (Å²) in [7, 11) is 0. The van der Waals surface area contributed by atoms with Gasteiger partial charge in [-0.25, -0.2) is 9.97 Å². The van der Waals surface area contributed by atoms with Crippen LogP contribution in [0.4, 0.5) is 11.6 Å². The van der Waals surface area contributed by atoms with Crippen LogP contribution < -0.4 is 11.1 Å². The third-order valence-electron chi connectivity index (χ3n) is 3.23. The second-order valence-corrected chi connectivity index (χ2v) is 5.91. The summed E-state index contributed by atoms with van der Waals surface area (Å²) in [6, 6.07) is 1.80. The summed E-state index contributed by atoms with van der Waals surface area (Å²) >= 11 is 3.24. The van der Waals surface area contributed by atoms with Crippen LogP contribution in [0.5, 0.6) is 0 Å². The molecule has 0 unspecified atom stereocenters. The summed E-state index contributed by atoms with van der Waals surface area (Å²) in [4.78, 5) is 20.7. The first-order chi connectivity index (χ1) is 10.5. The van der Waals surface area contributed by atoms with E-state index < -0.39 is 0 Å². The molecule has 0 atom stereocenters. The van der Waals surface area contributed by atoms with E-state index in [4.69, 9.17) is 5.73 Å². The zero-order chi connectivity index (χ0) is 15.9. The molecule has 0 aliphatic carbocycles. The summed E-state index contributed by atoms with van der Waals surface area (Å²) in [6.45, 7) is 4.01. The number of nitrogens with zero attached hydrogens (tertiary/aromatic N) is 4. The highest BCUT2D eigenvalue weighted by Gasteiger charge is 2.20. The van der Waals surface area contributed by atoms with Crippen molar-refractivity contribution >= 4 is 44.5 Å². The number of nitrogens with two attached hydrogens (primary N) is 1. The fourth-order valence-corrected chi connectivity index (χ4v) is 2.53. The first-order valence-corrected chi connectivity index (χ1v) is 7.40. The lowest BCUT2D eigenvalue weighted by molar-refractivity contribution is 0.102. The number of rotatable bonds is 3. The number of nitrogen functional groups attached to an aromatic ring is 1. The number of anilines is 2. The molecular formula is C13H14BrN7O. The largest absolute Gasteiger partial charge is 0.383 e. The Morgan fingerprint density at radius 3 is 2.86 bits per heavy atom. The molecule has 8 nitrogen and oxygen atoms in total. The van der Waals surface area contributed by atoms with Crippen molar-refractivity contribution in [1.82, 2.24) is 24.7 Å². The molecule has 3 heterocycles. The first-order valence-electron chi connectivity index (χ1n) is 6.60. The van der Waals surface area contributed by atoms with Gasteiger partial charge in [-0.1, -0.05) is 0 Å². The van der Waals surface area contributed by atoms with E-state index in [1.807, 2.05) is 18.4 Å². The number of hydrogen-bond donors (Lipinski definition) is 3. The number of fused-ring (bicyclic) bond motifs is 1. The number of aromatic amines is 1. The van der Waals surface area contributed by atoms with Crippen molar-refractivity contribution in [2.24, 2.45) is 0 Å². The van der Waals surface area contributed by atoms with Gasteiger partial charge in [0.2, 0.25) is 0 Å². The molecule has 0 saturated heterocycles. The molecule has 0 radical (unpaired) electrons. The van der Waals surface area contributed by atoms with E-state index >= 15 is 0 Å². The Morgan fingerprint density at radius 2 is 2.23 bits per heavy atom. The Balaban J connectivity index is 2.08. The van der Waals surface area contributed by atoms with E-state index in [0.717, 1.165) is 0 Å². The van der Waals surface area contributed by atoms with Crippen LogP contribution in [-0.4, -0.2) is 30.6 Å². The molecule has 0 saturated carbocycles. The molecule has 0 aromatic carbocycles. The number of nitrogens with one attached hydrogen (secondary N) is 2. The average molecular weight is 364 g/mol. The molecule has 1 amide bonds. The van der Waals surface area contributed by atoms with Gasteiger partial charge in [0.1, 0.15) is 22.4 Å². The lowest BCUT2D eigenvalue weighted by Gasteiger charge is -2.07. The maximum Gasteiger partial charge on any atom is 0.259 e. The fraction of sp³-hybridized carbons (Fsp3) is 0.231. The third kappa shape index (κ3) is 2.43. The zero-order valence-electron chi connectivity index (χ0n) is 12.0. The van der Waals surface area contributed by atoms with Crippen molar-refractivity contribution in [3.05, 3.63) is 28.8 Å². The summed E-state index contributed by atoms with van der Waals surface area (Å²) in [5.74, 6) is 0.375. The van der Waals surface area contributed by atoms with Crippen LogP contribution in [0.1, 0.15) is 30.2 Å². The molecule has 3 aromatic heterocycles. The normalized spacial score (nSPS) is 11.3. The molecule has 3 aromatic rings. The van der Waals surface area contributed by atoms with Crippen LogP contribution in [0.15, 0.2) is 23.2 Å². The predicted molar refractivity (Wildman–Crippen MR) is 86.6 cm³/mol. The Kier molecular flexibility index (Phi) is 3.57. The number of aromatic nitrogens is 5. The number of carbonyl (C=O) groups excluding carboxylic acids is 1. The van der Waals surface area contributed by atoms with E-state index in [0.29, 0.717) is 27.0 Å². The van der Waals surface area contributed by atoms with Gasteiger partial charge in [-0.15, -0.1) is 0 Å². The number of hydrogen-bond acceptors (Lipinski definition) is 5. The van der Waals surface area contributed by atoms with Gasteiger partial charge in [-0.3, -0.25) is 9.89 Å². The van der Waals surface area contributed by atoms with E-state index in [2.05, 4.69) is 41.4 Å². The number of carbonyl (C=O) groups is 1. The highest BCUT2D eigenvalue weighted by atomic mass is 79.9. The van der Waals surface area contributed by atoms with Crippen molar-refractivity contribution in [3.8, 4) is 0 Å². The van der Waals surface area contributed by atoms with Crippen molar-refractivity contribution in [2.75, 3.05) is 11.1 Å². The predicted octanol–water partition coefficient (Wildman–Crippen LogP) is 2.33. The van der Waals surface area contributed by atoms with Crippen molar-refractivity contribution in [2.45, 2.75) is 19.9 Å². The van der Waals surface area contributed by atoms with Gasteiger partial charge in [0.05, 0.1) is 10.9 Å². The Morgan fingerprint density at radius 1 is 1.45 bits per heavy atom. The molecule has 0 bridgehead atoms. The van der Waals surface area contributed by atoms with E-state index in [1.165, 1.54) is 6.33 Å². The lowest BCUT2D eigenvalue weighted by atomic mass is 10.2. The minimum atomic E-state index is -0.315. The highest BCUT2D eigenvalue weighted by Crippen LogP contribution is 2.27. The molecule has 4 N–H and O–H groups in total. The van der Waals surface area contributed by atoms with Crippen molar-refractivity contribution < 1.29 is 4.79 Å². The Hall–Kier alpha value is -2.42. The van der Waals surface area contributed by atoms with Crippen LogP contribution >= 0.6 is 15.9 Å². The second kappa shape index (κ2) is 5.41. The maximum absolute atomic E-state index is 12.5. The summed E-state index contributed by atoms with van der Waals surface area (Å²) in [5, 5.41) is 9.91. The minimum absolute atomic E-state index is 0.137. The molecule has 0 aliphatic rings. The van der Waals surface area contributed by atoms with Gasteiger partial charge >= 0.3 is 0 Å². The highest BCUT2D eigenvalue weighted by molar-refractivity contribution is 9.10. The molecule has 0 spiro atoms. The molecular weight excluding hydrogens is 350 g/mol. The van der Waals surface area contributed by atoms with Gasteiger partial charge in [0, 0.05) is 18.3 Å². The van der Waals surface area contributed by atoms with Crippen LogP contribution in [0.2, 0.25) is 0 Å². The third-order valence-corrected chi connectivity index (χ3v) is 3.63. The summed E-state index contributed by atoms with van der Waals surface area (Å²) < 4.78 is 2.57. The van der Waals surface area contributed by atoms with Gasteiger partial charge in [0.15, 0.2) is 5.82 Å². The minimum Gasteiger partial charge on any atom is -0.383 e. The monoisotopic (exact) mass is 363 g/mol. The standard InChI is InChI=1S/C13H14BrN7O/c1-6(2)21-4-7(10-11(15)16-5-17-12(10)21)13(22)18-9-3-8(14)19-20-9/h3-6H,1-2H3,(H2,15,16,17)(H2,18,19,20,22). The maximum atomic E-state index is 12.5. The smallest absolute Gasteiger partial charge is 0.259 e. The van der Waals surface area contributed by atoms with Gasteiger partial charge in [-0.2, -0.15) is 5.10 Å². The number of H-pyrrole nitrogens is 1. The van der Waals surface area contributed by atoms with E-state index in [1.54, 1.807) is 12.3 Å². The van der Waals surface area contributed by atoms with Gasteiger partial charge in [0.25, 0.3) is 5.91 Å². The van der Waals surface area contributed by atoms with Gasteiger partial charge < -0.3 is 15.6 Å². The molecule has 0 fully saturated rings. The second-order valence-electron chi connectivity index (χ2n) is 5.06. The van der Waals surface area contributed by atoms with Crippen LogP contribution in [-0.2, 0) is 0 Å². The van der Waals surface area contributed by atoms with E-state index in [-0.39, 0.29) is 17.8 Å². The average Bonchev–Trinajstić information content (AvgIpc) is 3.03. The van der Waals surface area contributed by atoms with Crippen molar-refractivity contribution in [1.29, 1.82) is 0 Å². The molecule has 3 rings (SSSR count). The van der Waals surface area contributed by atoms with Crippen LogP contribution in [0.3, 0.4) is 0 Å². The fourth-order valence-electron chi connectivity index (χ4n) is 2.22. The SMILES string of the molecule is CC(C)n1cc(C(=O)Nc2cc(Br)[nH]n2)c2c(N)ncnc21. The topological polar surface area (TPSA) is 115 Å².